The van der Waals surface area contributed by atoms with Crippen LogP contribution in [-0.2, 0) is 14.3 Å². The maximum Gasteiger partial charge on any atom is 0.319 e. The highest BCUT2D eigenvalue weighted by atomic mass is 35.5. The van der Waals surface area contributed by atoms with Crippen molar-refractivity contribution in [3.63, 3.8) is 0 Å². The average Bonchev–Trinajstić information content (AvgIpc) is 2.38. The van der Waals surface area contributed by atoms with E-state index in [9.17, 15) is 9.59 Å². The van der Waals surface area contributed by atoms with E-state index < -0.39 is 5.97 Å². The summed E-state index contributed by atoms with van der Waals surface area (Å²) in [5.41, 5.74) is 0. The van der Waals surface area contributed by atoms with Crippen LogP contribution >= 0.6 is 23.4 Å². The number of amides is 1. The molecule has 6 heteroatoms. The van der Waals surface area contributed by atoms with Gasteiger partial charge < -0.3 is 10.1 Å². The Hall–Kier alpha value is -1.20. The first-order chi connectivity index (χ1) is 8.52. The fourth-order valence-electron chi connectivity index (χ4n) is 1.09. The number of likely N-dealkylation sites (N-methyl/N-ethyl adjacent to an activating group) is 1. The van der Waals surface area contributed by atoms with Crippen molar-refractivity contribution in [1.82, 2.24) is 5.32 Å². The number of hydrogen-bond donors (Lipinski definition) is 1. The molecule has 0 fully saturated rings. The lowest BCUT2D eigenvalue weighted by Crippen LogP contribution is -2.27. The van der Waals surface area contributed by atoms with Crippen molar-refractivity contribution in [2.75, 3.05) is 13.7 Å². The van der Waals surface area contributed by atoms with Crippen molar-refractivity contribution in [3.05, 3.63) is 29.3 Å². The smallest absolute Gasteiger partial charge is 0.319 e. The fraction of sp³-hybridized carbons (Fsp3) is 0.333. The molecule has 0 spiro atoms. The summed E-state index contributed by atoms with van der Waals surface area (Å²) in [5.74, 6) is -0.745. The molecule has 1 aromatic carbocycles. The minimum absolute atomic E-state index is 0.249. The zero-order valence-corrected chi connectivity index (χ0v) is 11.7. The first-order valence-electron chi connectivity index (χ1n) is 5.32. The molecule has 0 aliphatic rings. The Morgan fingerprint density at radius 3 is 2.56 bits per heavy atom. The van der Waals surface area contributed by atoms with Gasteiger partial charge in [-0.05, 0) is 31.2 Å². The quantitative estimate of drug-likeness (QED) is 0.666. The molecule has 1 N–H and O–H groups in total. The van der Waals surface area contributed by atoms with Crippen LogP contribution in [0.2, 0.25) is 5.02 Å². The molecular weight excluding hydrogens is 274 g/mol. The Bertz CT molecular complexity index is 422. The van der Waals surface area contributed by atoms with Gasteiger partial charge in [-0.25, -0.2) is 0 Å². The zero-order chi connectivity index (χ0) is 13.5. The third kappa shape index (κ3) is 4.98. The summed E-state index contributed by atoms with van der Waals surface area (Å²) in [5, 5.41) is 2.65. The van der Waals surface area contributed by atoms with Crippen molar-refractivity contribution in [3.8, 4) is 0 Å². The molecule has 1 aromatic rings. The van der Waals surface area contributed by atoms with E-state index in [2.05, 4.69) is 5.32 Å². The molecule has 0 aliphatic carbocycles. The summed E-state index contributed by atoms with van der Waals surface area (Å²) in [6.07, 6.45) is 0. The monoisotopic (exact) mass is 287 g/mol. The summed E-state index contributed by atoms with van der Waals surface area (Å²) < 4.78 is 4.85. The molecule has 0 radical (unpaired) electrons. The molecule has 98 valence electrons. The van der Waals surface area contributed by atoms with Crippen LogP contribution in [0.3, 0.4) is 0 Å². The number of esters is 1. The first kappa shape index (κ1) is 14.9. The number of ether oxygens (including phenoxy) is 1. The number of nitrogens with one attached hydrogen (secondary N) is 1. The predicted octanol–water partition coefficient (Wildman–Crippen LogP) is 2.11. The minimum Gasteiger partial charge on any atom is -0.455 e. The second-order valence-electron chi connectivity index (χ2n) is 3.49. The molecule has 1 rings (SSSR count). The van der Waals surface area contributed by atoms with Crippen molar-refractivity contribution in [1.29, 1.82) is 0 Å². The molecule has 0 saturated heterocycles. The second kappa shape index (κ2) is 7.28. The van der Waals surface area contributed by atoms with Crippen LogP contribution < -0.4 is 5.32 Å². The number of halogens is 1. The topological polar surface area (TPSA) is 55.4 Å². The predicted molar refractivity (Wildman–Crippen MR) is 71.8 cm³/mol. The summed E-state index contributed by atoms with van der Waals surface area (Å²) in [6, 6.07) is 7.17. The normalized spacial score (nSPS) is 11.7. The molecule has 0 saturated carbocycles. The Morgan fingerprint density at radius 1 is 1.39 bits per heavy atom. The molecule has 18 heavy (non-hydrogen) atoms. The molecular formula is C12H14ClNO3S. The molecule has 0 heterocycles. The van der Waals surface area contributed by atoms with E-state index in [1.165, 1.54) is 18.8 Å². The third-order valence-electron chi connectivity index (χ3n) is 2.08. The van der Waals surface area contributed by atoms with Gasteiger partial charge in [0.05, 0.1) is 0 Å². The molecule has 1 atom stereocenters. The van der Waals surface area contributed by atoms with Gasteiger partial charge in [0.15, 0.2) is 6.61 Å². The van der Waals surface area contributed by atoms with E-state index >= 15 is 0 Å². The van der Waals surface area contributed by atoms with Crippen LogP contribution in [0, 0.1) is 0 Å². The van der Waals surface area contributed by atoms with Crippen LogP contribution in [0.4, 0.5) is 0 Å². The first-order valence-corrected chi connectivity index (χ1v) is 6.58. The van der Waals surface area contributed by atoms with E-state index in [1.54, 1.807) is 19.1 Å². The molecule has 0 unspecified atom stereocenters. The number of rotatable bonds is 5. The summed E-state index contributed by atoms with van der Waals surface area (Å²) >= 11 is 7.12. The lowest BCUT2D eigenvalue weighted by molar-refractivity contribution is -0.147. The van der Waals surface area contributed by atoms with Crippen molar-refractivity contribution >= 4 is 35.2 Å². The molecule has 1 amide bonds. The van der Waals surface area contributed by atoms with Gasteiger partial charge in [-0.2, -0.15) is 0 Å². The Balaban J connectivity index is 2.44. The second-order valence-corrected chi connectivity index (χ2v) is 5.35. The lowest BCUT2D eigenvalue weighted by atomic mass is 10.4. The van der Waals surface area contributed by atoms with Gasteiger partial charge in [0.2, 0.25) is 0 Å². The van der Waals surface area contributed by atoms with Crippen LogP contribution in [0.15, 0.2) is 29.2 Å². The maximum absolute atomic E-state index is 11.6. The van der Waals surface area contributed by atoms with Crippen molar-refractivity contribution < 1.29 is 14.3 Å². The Labute approximate surface area is 115 Å². The fourth-order valence-corrected chi connectivity index (χ4v) is 2.08. The number of benzene rings is 1. The zero-order valence-electron chi connectivity index (χ0n) is 10.1. The Morgan fingerprint density at radius 2 is 2.00 bits per heavy atom. The van der Waals surface area contributed by atoms with E-state index in [1.807, 2.05) is 12.1 Å². The number of hydrogen-bond acceptors (Lipinski definition) is 4. The molecule has 4 nitrogen and oxygen atoms in total. The largest absolute Gasteiger partial charge is 0.455 e. The number of thioether (sulfide) groups is 1. The number of carbonyl (C=O) groups is 2. The van der Waals surface area contributed by atoms with E-state index in [4.69, 9.17) is 16.3 Å². The third-order valence-corrected chi connectivity index (χ3v) is 3.43. The minimum atomic E-state index is -0.418. The summed E-state index contributed by atoms with van der Waals surface area (Å²) in [4.78, 5) is 23.4. The van der Waals surface area contributed by atoms with Crippen molar-refractivity contribution in [2.45, 2.75) is 17.1 Å². The SMILES string of the molecule is CNC(=O)COC(=O)[C@H](C)Sc1ccc(Cl)cc1. The maximum atomic E-state index is 11.6. The van der Waals surface area contributed by atoms with Gasteiger partial charge in [0, 0.05) is 17.0 Å². The molecule has 0 aromatic heterocycles. The van der Waals surface area contributed by atoms with Gasteiger partial charge in [-0.3, -0.25) is 9.59 Å². The van der Waals surface area contributed by atoms with Crippen LogP contribution in [-0.4, -0.2) is 30.8 Å². The van der Waals surface area contributed by atoms with Crippen molar-refractivity contribution in [2.24, 2.45) is 0 Å². The van der Waals surface area contributed by atoms with Gasteiger partial charge in [-0.1, -0.05) is 11.6 Å². The summed E-state index contributed by atoms with van der Waals surface area (Å²) in [7, 11) is 1.49. The van der Waals surface area contributed by atoms with Gasteiger partial charge in [0.1, 0.15) is 5.25 Å². The highest BCUT2D eigenvalue weighted by Gasteiger charge is 2.16. The number of carbonyl (C=O) groups excluding carboxylic acids is 2. The van der Waals surface area contributed by atoms with E-state index in [0.717, 1.165) is 4.90 Å². The average molecular weight is 288 g/mol. The molecule has 0 aliphatic heterocycles. The Kier molecular flexibility index (Phi) is 6.01. The van der Waals surface area contributed by atoms with Crippen LogP contribution in [0.1, 0.15) is 6.92 Å². The van der Waals surface area contributed by atoms with Gasteiger partial charge >= 0.3 is 5.97 Å². The van der Waals surface area contributed by atoms with E-state index in [-0.39, 0.29) is 17.8 Å². The lowest BCUT2D eigenvalue weighted by Gasteiger charge is -2.10. The van der Waals surface area contributed by atoms with Gasteiger partial charge in [0.25, 0.3) is 5.91 Å². The van der Waals surface area contributed by atoms with Crippen LogP contribution in [0.5, 0.6) is 0 Å². The van der Waals surface area contributed by atoms with E-state index in [0.29, 0.717) is 5.02 Å². The standard InChI is InChI=1S/C12H14ClNO3S/c1-8(12(16)17-7-11(15)14-2)18-10-5-3-9(13)4-6-10/h3-6,8H,7H2,1-2H3,(H,14,15)/t8-/m0/s1. The highest BCUT2D eigenvalue weighted by Crippen LogP contribution is 2.25. The summed E-state index contributed by atoms with van der Waals surface area (Å²) in [6.45, 7) is 1.48. The molecule has 0 bridgehead atoms. The van der Waals surface area contributed by atoms with Gasteiger partial charge in [-0.15, -0.1) is 11.8 Å². The highest BCUT2D eigenvalue weighted by molar-refractivity contribution is 8.00. The van der Waals surface area contributed by atoms with Crippen LogP contribution in [0.25, 0.3) is 0 Å².